The van der Waals surface area contributed by atoms with Crippen molar-refractivity contribution in [1.82, 2.24) is 0 Å². The Labute approximate surface area is 104 Å². The zero-order valence-electron chi connectivity index (χ0n) is 7.97. The second-order valence-corrected chi connectivity index (χ2v) is 4.67. The van der Waals surface area contributed by atoms with Gasteiger partial charge in [-0.3, -0.25) is 9.59 Å². The number of ketones is 1. The highest BCUT2D eigenvalue weighted by atomic mass is 79.9. The van der Waals surface area contributed by atoms with Crippen LogP contribution in [0.15, 0.2) is 16.6 Å². The lowest BCUT2D eigenvalue weighted by atomic mass is 10.3. The van der Waals surface area contributed by atoms with Crippen molar-refractivity contribution in [2.24, 2.45) is 0 Å². The van der Waals surface area contributed by atoms with Crippen LogP contribution in [0.3, 0.4) is 0 Å². The van der Waals surface area contributed by atoms with E-state index in [4.69, 9.17) is 11.6 Å². The normalized spacial score (nSPS) is 16.1. The summed E-state index contributed by atoms with van der Waals surface area (Å²) in [7, 11) is 0. The molecule has 0 saturated carbocycles. The highest BCUT2D eigenvalue weighted by molar-refractivity contribution is 9.10. The van der Waals surface area contributed by atoms with Crippen LogP contribution in [0.2, 0.25) is 5.02 Å². The standard InChI is InChI=1S/C10H6BrClFNO2/c11-6-2-7(12)9(3-8(6)13)14-4-5(15)1-10(14)16/h2-3H,1,4H2. The van der Waals surface area contributed by atoms with E-state index in [1.165, 1.54) is 11.0 Å². The van der Waals surface area contributed by atoms with Crippen LogP contribution < -0.4 is 4.90 Å². The van der Waals surface area contributed by atoms with E-state index in [2.05, 4.69) is 15.9 Å². The Hall–Kier alpha value is -0.940. The Morgan fingerprint density at radius 2 is 2.06 bits per heavy atom. The van der Waals surface area contributed by atoms with Crippen LogP contribution in [-0.4, -0.2) is 18.2 Å². The number of Topliss-reactive ketones (excluding diaryl/α,β-unsaturated/α-hetero) is 1. The molecule has 0 N–H and O–H groups in total. The van der Waals surface area contributed by atoms with E-state index in [0.717, 1.165) is 6.07 Å². The molecule has 0 aliphatic carbocycles. The molecule has 1 heterocycles. The SMILES string of the molecule is O=C1CC(=O)N(c2cc(F)c(Br)cc2Cl)C1. The number of carbonyl (C=O) groups excluding carboxylic acids is 2. The molecule has 3 nitrogen and oxygen atoms in total. The zero-order valence-corrected chi connectivity index (χ0v) is 10.3. The first kappa shape index (κ1) is 11.5. The number of halogens is 3. The van der Waals surface area contributed by atoms with E-state index in [-0.39, 0.29) is 39.8 Å². The minimum atomic E-state index is -0.522. The first-order chi connectivity index (χ1) is 7.49. The number of amides is 1. The third kappa shape index (κ3) is 1.97. The van der Waals surface area contributed by atoms with E-state index in [1.54, 1.807) is 0 Å². The molecule has 2 rings (SSSR count). The summed E-state index contributed by atoms with van der Waals surface area (Å²) in [6.45, 7) is -0.0420. The summed E-state index contributed by atoms with van der Waals surface area (Å²) >= 11 is 8.88. The second kappa shape index (κ2) is 4.14. The molecule has 16 heavy (non-hydrogen) atoms. The Morgan fingerprint density at radius 1 is 1.38 bits per heavy atom. The Balaban J connectivity index is 2.45. The van der Waals surface area contributed by atoms with Gasteiger partial charge in [-0.25, -0.2) is 4.39 Å². The highest BCUT2D eigenvalue weighted by Crippen LogP contribution is 2.32. The smallest absolute Gasteiger partial charge is 0.234 e. The van der Waals surface area contributed by atoms with Crippen LogP contribution in [-0.2, 0) is 9.59 Å². The molecule has 1 fully saturated rings. The molecular weight excluding hydrogens is 300 g/mol. The highest BCUT2D eigenvalue weighted by Gasteiger charge is 2.30. The first-order valence-electron chi connectivity index (χ1n) is 4.45. The molecule has 84 valence electrons. The minimum absolute atomic E-state index is 0.0420. The van der Waals surface area contributed by atoms with Gasteiger partial charge >= 0.3 is 0 Å². The molecule has 6 heteroatoms. The van der Waals surface area contributed by atoms with Gasteiger partial charge in [-0.05, 0) is 22.0 Å². The lowest BCUT2D eigenvalue weighted by molar-refractivity contribution is -0.121. The molecule has 0 aromatic heterocycles. The van der Waals surface area contributed by atoms with Crippen molar-refractivity contribution in [3.63, 3.8) is 0 Å². The van der Waals surface area contributed by atoms with Crippen molar-refractivity contribution in [3.8, 4) is 0 Å². The van der Waals surface area contributed by atoms with Crippen molar-refractivity contribution in [3.05, 3.63) is 27.4 Å². The van der Waals surface area contributed by atoms with Gasteiger partial charge in [0, 0.05) is 6.07 Å². The van der Waals surface area contributed by atoms with Gasteiger partial charge in [0.1, 0.15) is 5.82 Å². The van der Waals surface area contributed by atoms with Gasteiger partial charge in [-0.2, -0.15) is 0 Å². The van der Waals surface area contributed by atoms with Gasteiger partial charge in [0.25, 0.3) is 0 Å². The molecular formula is C10H6BrClFNO2. The number of nitrogens with zero attached hydrogens (tertiary/aromatic N) is 1. The van der Waals surface area contributed by atoms with Crippen LogP contribution in [0.1, 0.15) is 6.42 Å². The van der Waals surface area contributed by atoms with Gasteiger partial charge < -0.3 is 4.90 Å². The quantitative estimate of drug-likeness (QED) is 0.591. The molecule has 0 atom stereocenters. The van der Waals surface area contributed by atoms with Crippen LogP contribution in [0.4, 0.5) is 10.1 Å². The molecule has 1 saturated heterocycles. The largest absolute Gasteiger partial charge is 0.303 e. The first-order valence-corrected chi connectivity index (χ1v) is 5.62. The number of hydrogen-bond donors (Lipinski definition) is 0. The Kier molecular flexibility index (Phi) is 2.99. The fourth-order valence-electron chi connectivity index (χ4n) is 1.52. The van der Waals surface area contributed by atoms with Gasteiger partial charge in [0.05, 0.1) is 28.1 Å². The molecule has 0 unspecified atom stereocenters. The lowest BCUT2D eigenvalue weighted by Crippen LogP contribution is -2.25. The summed E-state index contributed by atoms with van der Waals surface area (Å²) in [6.07, 6.45) is -0.145. The molecule has 0 spiro atoms. The number of carbonyl (C=O) groups is 2. The summed E-state index contributed by atoms with van der Waals surface area (Å²) in [5, 5.41) is 0.233. The third-order valence-corrected chi connectivity index (χ3v) is 3.17. The fourth-order valence-corrected chi connectivity index (χ4v) is 2.26. The molecule has 1 aromatic rings. The zero-order chi connectivity index (χ0) is 11.9. The lowest BCUT2D eigenvalue weighted by Gasteiger charge is -2.16. The summed E-state index contributed by atoms with van der Waals surface area (Å²) < 4.78 is 13.5. The summed E-state index contributed by atoms with van der Waals surface area (Å²) in [4.78, 5) is 23.7. The van der Waals surface area contributed by atoms with Crippen molar-refractivity contribution in [2.75, 3.05) is 11.4 Å². The number of rotatable bonds is 1. The second-order valence-electron chi connectivity index (χ2n) is 3.41. The molecule has 0 radical (unpaired) electrons. The van der Waals surface area contributed by atoms with E-state index in [9.17, 15) is 14.0 Å². The fraction of sp³-hybridized carbons (Fsp3) is 0.200. The Bertz CT molecular complexity index is 492. The van der Waals surface area contributed by atoms with Crippen LogP contribution in [0, 0.1) is 5.82 Å². The minimum Gasteiger partial charge on any atom is -0.303 e. The van der Waals surface area contributed by atoms with Crippen molar-refractivity contribution in [2.45, 2.75) is 6.42 Å². The molecule has 1 aromatic carbocycles. The van der Waals surface area contributed by atoms with E-state index < -0.39 is 5.82 Å². The number of anilines is 1. The molecule has 1 aliphatic rings. The average Bonchev–Trinajstić information content (AvgIpc) is 2.51. The van der Waals surface area contributed by atoms with Gasteiger partial charge in [-0.15, -0.1) is 0 Å². The summed E-state index contributed by atoms with van der Waals surface area (Å²) in [5.41, 5.74) is 0.234. The molecule has 1 aliphatic heterocycles. The van der Waals surface area contributed by atoms with E-state index in [1.807, 2.05) is 0 Å². The van der Waals surface area contributed by atoms with Gasteiger partial charge in [0.2, 0.25) is 5.91 Å². The van der Waals surface area contributed by atoms with E-state index in [0.29, 0.717) is 0 Å². The number of benzene rings is 1. The molecule has 0 bridgehead atoms. The van der Waals surface area contributed by atoms with Crippen molar-refractivity contribution < 1.29 is 14.0 Å². The van der Waals surface area contributed by atoms with E-state index >= 15 is 0 Å². The van der Waals surface area contributed by atoms with Crippen LogP contribution in [0.5, 0.6) is 0 Å². The van der Waals surface area contributed by atoms with Crippen molar-refractivity contribution in [1.29, 1.82) is 0 Å². The maximum atomic E-state index is 13.3. The Morgan fingerprint density at radius 3 is 2.62 bits per heavy atom. The predicted molar refractivity (Wildman–Crippen MR) is 61.1 cm³/mol. The third-order valence-electron chi connectivity index (χ3n) is 2.26. The summed E-state index contributed by atoms with van der Waals surface area (Å²) in [5.74, 6) is -1.07. The predicted octanol–water partition coefficient (Wildman–Crippen LogP) is 2.55. The monoisotopic (exact) mass is 305 g/mol. The summed E-state index contributed by atoms with van der Waals surface area (Å²) in [6, 6.07) is 2.51. The maximum absolute atomic E-state index is 13.3. The van der Waals surface area contributed by atoms with Crippen LogP contribution >= 0.6 is 27.5 Å². The topological polar surface area (TPSA) is 37.4 Å². The number of hydrogen-bond acceptors (Lipinski definition) is 2. The van der Waals surface area contributed by atoms with Crippen LogP contribution in [0.25, 0.3) is 0 Å². The molecule has 1 amide bonds. The van der Waals surface area contributed by atoms with Crippen molar-refractivity contribution >= 4 is 44.9 Å². The van der Waals surface area contributed by atoms with Gasteiger partial charge in [0.15, 0.2) is 5.78 Å². The maximum Gasteiger partial charge on any atom is 0.234 e. The average molecular weight is 307 g/mol. The van der Waals surface area contributed by atoms with Gasteiger partial charge in [-0.1, -0.05) is 11.6 Å².